The van der Waals surface area contributed by atoms with Gasteiger partial charge in [-0.05, 0) is 18.6 Å². The quantitative estimate of drug-likeness (QED) is 0.633. The van der Waals surface area contributed by atoms with Crippen LogP contribution in [0, 0.1) is 15.5 Å². The number of hydrogen-bond acceptors (Lipinski definition) is 4. The number of hydrogen-bond donors (Lipinski definition) is 0. The van der Waals surface area contributed by atoms with Crippen LogP contribution in [0.2, 0.25) is 0 Å². The Kier molecular flexibility index (Phi) is 4.68. The van der Waals surface area contributed by atoms with Crippen LogP contribution in [0.15, 0.2) is 24.3 Å². The fourth-order valence-corrected chi connectivity index (χ4v) is 2.53. The number of rotatable bonds is 4. The number of nitro benzene ring substituents is 1. The van der Waals surface area contributed by atoms with E-state index in [0.717, 1.165) is 25.2 Å². The Morgan fingerprint density at radius 1 is 1.18 bits per heavy atom. The van der Waals surface area contributed by atoms with E-state index in [2.05, 4.69) is 4.90 Å². The molecule has 0 aliphatic carbocycles. The first kappa shape index (κ1) is 16.3. The second-order valence-electron chi connectivity index (χ2n) is 6.29. The molecule has 6 heteroatoms. The van der Waals surface area contributed by atoms with Gasteiger partial charge in [0.1, 0.15) is 0 Å². The predicted octanol–water partition coefficient (Wildman–Crippen LogP) is 2.68. The van der Waals surface area contributed by atoms with Crippen LogP contribution in [0.4, 0.5) is 11.4 Å². The van der Waals surface area contributed by atoms with E-state index in [0.29, 0.717) is 13.1 Å². The van der Waals surface area contributed by atoms with Gasteiger partial charge in [-0.15, -0.1) is 0 Å². The summed E-state index contributed by atoms with van der Waals surface area (Å²) in [4.78, 5) is 26.8. The largest absolute Gasteiger partial charge is 0.368 e. The van der Waals surface area contributed by atoms with E-state index in [-0.39, 0.29) is 17.0 Å². The zero-order valence-corrected chi connectivity index (χ0v) is 13.4. The van der Waals surface area contributed by atoms with Gasteiger partial charge in [-0.2, -0.15) is 0 Å². The number of carbonyl (C=O) groups excluding carboxylic acids is 1. The van der Waals surface area contributed by atoms with Gasteiger partial charge in [0.05, 0.1) is 4.92 Å². The molecular formula is C16H23N3O3. The van der Waals surface area contributed by atoms with E-state index in [4.69, 9.17) is 0 Å². The van der Waals surface area contributed by atoms with E-state index in [9.17, 15) is 14.9 Å². The molecular weight excluding hydrogens is 282 g/mol. The zero-order chi connectivity index (χ0) is 16.3. The van der Waals surface area contributed by atoms with Crippen LogP contribution >= 0.6 is 0 Å². The maximum absolute atomic E-state index is 12.4. The minimum absolute atomic E-state index is 0.0993. The number of nitro groups is 1. The van der Waals surface area contributed by atoms with E-state index in [1.165, 1.54) is 12.1 Å². The van der Waals surface area contributed by atoms with Crippen molar-refractivity contribution in [3.63, 3.8) is 0 Å². The van der Waals surface area contributed by atoms with Crippen molar-refractivity contribution in [2.45, 2.75) is 27.2 Å². The van der Waals surface area contributed by atoms with E-state index < -0.39 is 4.92 Å². The van der Waals surface area contributed by atoms with Crippen molar-refractivity contribution < 1.29 is 9.72 Å². The Morgan fingerprint density at radius 3 is 2.18 bits per heavy atom. The summed E-state index contributed by atoms with van der Waals surface area (Å²) < 4.78 is 0. The molecule has 1 fully saturated rings. The topological polar surface area (TPSA) is 66.7 Å². The Labute approximate surface area is 130 Å². The average molecular weight is 305 g/mol. The maximum atomic E-state index is 12.4. The maximum Gasteiger partial charge on any atom is 0.269 e. The third-order valence-corrected chi connectivity index (χ3v) is 4.46. The monoisotopic (exact) mass is 305 g/mol. The summed E-state index contributed by atoms with van der Waals surface area (Å²) in [6.07, 6.45) is 0.828. The first-order valence-electron chi connectivity index (χ1n) is 7.64. The highest BCUT2D eigenvalue weighted by atomic mass is 16.6. The third-order valence-electron chi connectivity index (χ3n) is 4.46. The van der Waals surface area contributed by atoms with Crippen molar-refractivity contribution >= 4 is 17.3 Å². The number of amides is 1. The first-order valence-corrected chi connectivity index (χ1v) is 7.64. The van der Waals surface area contributed by atoms with Crippen molar-refractivity contribution in [1.29, 1.82) is 0 Å². The lowest BCUT2D eigenvalue weighted by molar-refractivity contribution is -0.384. The van der Waals surface area contributed by atoms with Gasteiger partial charge in [-0.3, -0.25) is 14.9 Å². The highest BCUT2D eigenvalue weighted by molar-refractivity contribution is 5.82. The molecule has 2 rings (SSSR count). The molecule has 1 saturated heterocycles. The van der Waals surface area contributed by atoms with Crippen LogP contribution in [0.1, 0.15) is 27.2 Å². The number of benzene rings is 1. The summed E-state index contributed by atoms with van der Waals surface area (Å²) in [6, 6.07) is 6.58. The second-order valence-corrected chi connectivity index (χ2v) is 6.29. The molecule has 1 amide bonds. The van der Waals surface area contributed by atoms with Gasteiger partial charge in [-0.1, -0.05) is 20.8 Å². The van der Waals surface area contributed by atoms with Gasteiger partial charge in [0.2, 0.25) is 5.91 Å². The molecule has 0 spiro atoms. The lowest BCUT2D eigenvalue weighted by Crippen LogP contribution is -2.52. The molecule has 0 unspecified atom stereocenters. The molecule has 1 aliphatic heterocycles. The summed E-state index contributed by atoms with van der Waals surface area (Å²) >= 11 is 0. The Hall–Kier alpha value is -2.11. The molecule has 0 N–H and O–H groups in total. The molecule has 0 radical (unpaired) electrons. The lowest BCUT2D eigenvalue weighted by Gasteiger charge is -2.39. The Morgan fingerprint density at radius 2 is 1.73 bits per heavy atom. The van der Waals surface area contributed by atoms with Gasteiger partial charge < -0.3 is 9.80 Å². The van der Waals surface area contributed by atoms with Gasteiger partial charge in [0.25, 0.3) is 5.69 Å². The Balaban J connectivity index is 1.97. The molecule has 1 aliphatic rings. The van der Waals surface area contributed by atoms with Crippen molar-refractivity contribution in [2.75, 3.05) is 31.1 Å². The summed E-state index contributed by atoms with van der Waals surface area (Å²) in [5.41, 5.74) is 0.755. The average Bonchev–Trinajstić information content (AvgIpc) is 2.54. The molecule has 0 saturated carbocycles. The van der Waals surface area contributed by atoms with Gasteiger partial charge in [0.15, 0.2) is 0 Å². The fraction of sp³-hybridized carbons (Fsp3) is 0.562. The van der Waals surface area contributed by atoms with Crippen LogP contribution in [0.5, 0.6) is 0 Å². The van der Waals surface area contributed by atoms with Crippen molar-refractivity contribution in [2.24, 2.45) is 5.41 Å². The minimum Gasteiger partial charge on any atom is -0.368 e. The van der Waals surface area contributed by atoms with Crippen LogP contribution in [0.25, 0.3) is 0 Å². The summed E-state index contributed by atoms with van der Waals surface area (Å²) in [5, 5.41) is 10.7. The molecule has 0 aromatic heterocycles. The smallest absolute Gasteiger partial charge is 0.269 e. The molecule has 1 heterocycles. The summed E-state index contributed by atoms with van der Waals surface area (Å²) in [5.74, 6) is 0.207. The van der Waals surface area contributed by atoms with Gasteiger partial charge >= 0.3 is 0 Å². The molecule has 22 heavy (non-hydrogen) atoms. The molecule has 120 valence electrons. The van der Waals surface area contributed by atoms with E-state index in [1.54, 1.807) is 12.1 Å². The van der Waals surface area contributed by atoms with Crippen LogP contribution in [-0.4, -0.2) is 41.9 Å². The lowest BCUT2D eigenvalue weighted by atomic mass is 9.88. The minimum atomic E-state index is -0.396. The summed E-state index contributed by atoms with van der Waals surface area (Å²) in [7, 11) is 0. The number of nitrogens with zero attached hydrogens (tertiary/aromatic N) is 3. The van der Waals surface area contributed by atoms with Gasteiger partial charge in [0, 0.05) is 49.4 Å². The molecule has 1 aromatic carbocycles. The summed E-state index contributed by atoms with van der Waals surface area (Å²) in [6.45, 7) is 8.90. The third kappa shape index (κ3) is 3.37. The van der Waals surface area contributed by atoms with Crippen LogP contribution in [0.3, 0.4) is 0 Å². The normalized spacial score (nSPS) is 15.8. The second kappa shape index (κ2) is 6.34. The van der Waals surface area contributed by atoms with Gasteiger partial charge in [-0.25, -0.2) is 0 Å². The number of piperazine rings is 1. The van der Waals surface area contributed by atoms with Crippen LogP contribution < -0.4 is 4.90 Å². The highest BCUT2D eigenvalue weighted by Crippen LogP contribution is 2.25. The number of carbonyl (C=O) groups is 1. The SMILES string of the molecule is CCC(C)(C)C(=O)N1CCN(c2ccc([N+](=O)[O-])cc2)CC1. The van der Waals surface area contributed by atoms with Crippen LogP contribution in [-0.2, 0) is 4.79 Å². The van der Waals surface area contributed by atoms with Crippen molar-refractivity contribution in [3.8, 4) is 0 Å². The molecule has 0 bridgehead atoms. The molecule has 1 aromatic rings. The highest BCUT2D eigenvalue weighted by Gasteiger charge is 2.32. The molecule has 6 nitrogen and oxygen atoms in total. The fourth-order valence-electron chi connectivity index (χ4n) is 2.53. The number of anilines is 1. The first-order chi connectivity index (χ1) is 10.3. The number of non-ortho nitro benzene ring substituents is 1. The van der Waals surface area contributed by atoms with E-state index in [1.807, 2.05) is 25.7 Å². The Bertz CT molecular complexity index is 546. The predicted molar refractivity (Wildman–Crippen MR) is 86.0 cm³/mol. The standard InChI is InChI=1S/C16H23N3O3/c1-4-16(2,3)15(20)18-11-9-17(10-12-18)13-5-7-14(8-6-13)19(21)22/h5-8H,4,9-12H2,1-3H3. The zero-order valence-electron chi connectivity index (χ0n) is 13.4. The van der Waals surface area contributed by atoms with Crippen molar-refractivity contribution in [1.82, 2.24) is 4.90 Å². The molecule has 0 atom stereocenters. The van der Waals surface area contributed by atoms with E-state index >= 15 is 0 Å². The van der Waals surface area contributed by atoms with Crippen molar-refractivity contribution in [3.05, 3.63) is 34.4 Å².